The molecule has 3 rings (SSSR count). The summed E-state index contributed by atoms with van der Waals surface area (Å²) in [6.07, 6.45) is 2.72. The molecule has 0 aliphatic heterocycles. The summed E-state index contributed by atoms with van der Waals surface area (Å²) in [6, 6.07) is 9.33. The quantitative estimate of drug-likeness (QED) is 0.0322. The second-order valence-corrected chi connectivity index (χ2v) is 19.2. The van der Waals surface area contributed by atoms with E-state index in [1.807, 2.05) is 55.7 Å². The van der Waals surface area contributed by atoms with Gasteiger partial charge in [0.1, 0.15) is 36.1 Å². The van der Waals surface area contributed by atoms with Crippen molar-refractivity contribution in [2.75, 3.05) is 26.2 Å². The van der Waals surface area contributed by atoms with Crippen molar-refractivity contribution in [3.05, 3.63) is 95.8 Å². The smallest absolute Gasteiger partial charge is 0.303 e. The summed E-state index contributed by atoms with van der Waals surface area (Å²) in [6.45, 7) is 6.12. The Kier molecular flexibility index (Phi) is 25.3. The number of allylic oxidation sites excluding steroid dienone is 2. The average Bonchev–Trinajstić information content (AvgIpc) is 3.74. The van der Waals surface area contributed by atoms with Gasteiger partial charge in [0.25, 0.3) is 0 Å². The molecule has 0 fully saturated rings. The molecule has 75 heavy (non-hydrogen) atoms. The van der Waals surface area contributed by atoms with E-state index in [1.54, 1.807) is 12.3 Å². The van der Waals surface area contributed by atoms with Gasteiger partial charge in [0.05, 0.1) is 18.5 Å². The molecular formula is C53H70F2N8O12. The number of halogens is 2. The highest BCUT2D eigenvalue weighted by molar-refractivity contribution is 5.98. The van der Waals surface area contributed by atoms with E-state index in [0.29, 0.717) is 17.8 Å². The van der Waals surface area contributed by atoms with Crippen molar-refractivity contribution in [1.82, 2.24) is 30.7 Å². The number of primary amides is 1. The van der Waals surface area contributed by atoms with E-state index in [2.05, 4.69) is 21.3 Å². The van der Waals surface area contributed by atoms with Gasteiger partial charge in [-0.2, -0.15) is 0 Å². The van der Waals surface area contributed by atoms with Crippen molar-refractivity contribution < 1.29 is 66.9 Å². The van der Waals surface area contributed by atoms with E-state index in [1.165, 1.54) is 11.8 Å². The van der Waals surface area contributed by atoms with Crippen LogP contribution in [0.15, 0.2) is 72.9 Å². The van der Waals surface area contributed by atoms with Crippen LogP contribution in [0, 0.1) is 17.0 Å². The molecular weight excluding hydrogens is 979 g/mol. The van der Waals surface area contributed by atoms with E-state index < -0.39 is 102 Å². The third-order valence-corrected chi connectivity index (χ3v) is 11.8. The lowest BCUT2D eigenvalue weighted by Gasteiger charge is -2.41. The highest BCUT2D eigenvalue weighted by Gasteiger charge is 2.38. The fraction of sp³-hybridized carbons (Fsp3) is 0.472. The van der Waals surface area contributed by atoms with Gasteiger partial charge in [-0.1, -0.05) is 51.1 Å². The summed E-state index contributed by atoms with van der Waals surface area (Å²) in [5.74, 6) is -8.20. The highest BCUT2D eigenvalue weighted by Crippen LogP contribution is 2.41. The first-order valence-corrected chi connectivity index (χ1v) is 24.6. The summed E-state index contributed by atoms with van der Waals surface area (Å²) in [5, 5.41) is 29.3. The second-order valence-electron chi connectivity index (χ2n) is 19.2. The Bertz CT molecular complexity index is 2530. The number of carbonyl (C=O) groups is 10. The minimum atomic E-state index is -1.52. The molecule has 0 aliphatic carbocycles. The maximum Gasteiger partial charge on any atom is 0.303 e. The molecule has 0 saturated heterocycles. The minimum absolute atomic E-state index is 0.0167. The number of aliphatic hydroxyl groups is 1. The van der Waals surface area contributed by atoms with Gasteiger partial charge in [0.2, 0.25) is 35.4 Å². The summed E-state index contributed by atoms with van der Waals surface area (Å²) >= 11 is 0. The summed E-state index contributed by atoms with van der Waals surface area (Å²) in [5.41, 5.74) is 12.7. The van der Waals surface area contributed by atoms with Crippen molar-refractivity contribution in [2.45, 2.75) is 129 Å². The number of aliphatic carboxylic acids is 1. The summed E-state index contributed by atoms with van der Waals surface area (Å²) < 4.78 is 31.4. The summed E-state index contributed by atoms with van der Waals surface area (Å²) in [7, 11) is 0. The van der Waals surface area contributed by atoms with E-state index in [9.17, 15) is 62.5 Å². The first-order chi connectivity index (χ1) is 35.4. The number of hydrogen-bond donors (Lipinski definition) is 8. The van der Waals surface area contributed by atoms with Crippen LogP contribution in [0.4, 0.5) is 8.78 Å². The van der Waals surface area contributed by atoms with Crippen molar-refractivity contribution in [3.8, 4) is 11.1 Å². The first kappa shape index (κ1) is 61.8. The van der Waals surface area contributed by atoms with Crippen molar-refractivity contribution in [2.24, 2.45) is 16.9 Å². The van der Waals surface area contributed by atoms with E-state index in [4.69, 9.17) is 11.5 Å². The number of unbranched alkanes of at least 4 members (excludes halogenated alkanes) is 1. The fourth-order valence-electron chi connectivity index (χ4n) is 8.08. The zero-order valence-corrected chi connectivity index (χ0v) is 42.8. The van der Waals surface area contributed by atoms with Crippen LogP contribution in [0.2, 0.25) is 0 Å². The zero-order chi connectivity index (χ0) is 55.8. The number of nitrogens with two attached hydrogens (primary N) is 2. The van der Waals surface area contributed by atoms with Crippen LogP contribution in [0.25, 0.3) is 11.1 Å². The molecule has 0 unspecified atom stereocenters. The fourth-order valence-corrected chi connectivity index (χ4v) is 8.08. The number of aliphatic hydroxyl groups excluding tert-OH is 1. The van der Waals surface area contributed by atoms with E-state index >= 15 is 4.39 Å². The topological polar surface area (TPSA) is 319 Å². The van der Waals surface area contributed by atoms with E-state index in [0.717, 1.165) is 35.9 Å². The number of benzene rings is 2. The number of carboxylic acids is 1. The molecule has 1 aromatic heterocycles. The molecule has 4 atom stereocenters. The van der Waals surface area contributed by atoms with Crippen molar-refractivity contribution in [1.29, 1.82) is 0 Å². The molecule has 0 saturated carbocycles. The molecule has 1 heterocycles. The molecule has 408 valence electrons. The number of ketones is 3. The van der Waals surface area contributed by atoms with Crippen LogP contribution in [-0.4, -0.2) is 123 Å². The largest absolute Gasteiger partial charge is 0.481 e. The molecule has 20 nitrogen and oxygen atoms in total. The van der Waals surface area contributed by atoms with Gasteiger partial charge in [-0.3, -0.25) is 47.9 Å². The van der Waals surface area contributed by atoms with Crippen LogP contribution < -0.4 is 32.7 Å². The standard InChI is InChI=1S/C53H70F2N8O12/c1-33(65)16-18-37(66)13-8-9-15-46(69)60-43(29-45(57)68)52(75)61-42(20-21-48(71)72)51(74)59-25-22-38(67)14-10-24-58-50(73)41(56)23-26-63(47(70)32-64)49(53(2,3)4)44-27-35(39-28-36(54)17-19-40(39)55)31-62(44)30-34-11-6-5-7-12-34/h5-7,11-12,16-19,27-28,31,41-43,49,64H,8-10,13-15,20-26,29-30,32,56H2,1-4H3,(H2,57,68)(H,58,73)(H,59,74)(H,60,69)(H,61,75)(H,71,72)/b18-16-/t41-,42+,43-,49-/m0/s1. The lowest BCUT2D eigenvalue weighted by Crippen LogP contribution is -2.54. The van der Waals surface area contributed by atoms with Crippen molar-refractivity contribution in [3.63, 3.8) is 0 Å². The number of amides is 6. The van der Waals surface area contributed by atoms with Gasteiger partial charge < -0.3 is 52.4 Å². The predicted octanol–water partition coefficient (Wildman–Crippen LogP) is 3.06. The normalized spacial score (nSPS) is 13.0. The number of hydrogen-bond acceptors (Lipinski definition) is 12. The van der Waals surface area contributed by atoms with E-state index in [-0.39, 0.29) is 100 Å². The molecule has 3 aromatic rings. The zero-order valence-electron chi connectivity index (χ0n) is 42.8. The predicted molar refractivity (Wildman–Crippen MR) is 272 cm³/mol. The Morgan fingerprint density at radius 2 is 1.45 bits per heavy atom. The van der Waals surface area contributed by atoms with Gasteiger partial charge in [0, 0.05) is 81.3 Å². The maximum absolute atomic E-state index is 15.1. The molecule has 0 bridgehead atoms. The lowest BCUT2D eigenvalue weighted by molar-refractivity contribution is -0.140. The Labute approximate surface area is 434 Å². The number of carboxylic acid groups (broad SMARTS) is 1. The first-order valence-electron chi connectivity index (χ1n) is 24.6. The Morgan fingerprint density at radius 3 is 2.09 bits per heavy atom. The number of nitrogens with one attached hydrogen (secondary N) is 4. The minimum Gasteiger partial charge on any atom is -0.481 e. The number of rotatable bonds is 33. The molecule has 6 amide bonds. The number of carbonyl (C=O) groups excluding carboxylic acids is 9. The Balaban J connectivity index is 1.57. The van der Waals surface area contributed by atoms with Crippen LogP contribution >= 0.6 is 0 Å². The molecule has 0 aliphatic rings. The van der Waals surface area contributed by atoms with Crippen molar-refractivity contribution >= 4 is 58.8 Å². The Morgan fingerprint density at radius 1 is 0.773 bits per heavy atom. The second kappa shape index (κ2) is 30.7. The van der Waals surface area contributed by atoms with Crippen LogP contribution in [-0.2, 0) is 54.5 Å². The highest BCUT2D eigenvalue weighted by atomic mass is 19.1. The molecule has 10 N–H and O–H groups in total. The van der Waals surface area contributed by atoms with Gasteiger partial charge >= 0.3 is 5.97 Å². The monoisotopic (exact) mass is 1050 g/mol. The number of aromatic nitrogens is 1. The van der Waals surface area contributed by atoms with Gasteiger partial charge in [-0.15, -0.1) is 0 Å². The molecule has 0 radical (unpaired) electrons. The lowest BCUT2D eigenvalue weighted by atomic mass is 9.82. The SMILES string of the molecule is CC(=O)/C=C\C(=O)CCCCC(=O)N[C@@H](CC(N)=O)C(=O)N[C@H](CCC(=O)O)C(=O)NCCC(=O)CCCNC(=O)[C@@H](N)CCN(C(=O)CO)[C@@H](c1cc(-c2cc(F)ccc2F)cn1Cc1ccccc1)C(C)(C)C. The summed E-state index contributed by atoms with van der Waals surface area (Å²) in [4.78, 5) is 126. The van der Waals surface area contributed by atoms with Crippen LogP contribution in [0.1, 0.15) is 116 Å². The number of Topliss-reactive ketones (excluding diaryl/α,β-unsaturated/α-hetero) is 1. The third-order valence-electron chi connectivity index (χ3n) is 11.8. The van der Waals surface area contributed by atoms with Gasteiger partial charge in [-0.25, -0.2) is 8.78 Å². The van der Waals surface area contributed by atoms with Crippen LogP contribution in [0.3, 0.4) is 0 Å². The third kappa shape index (κ3) is 21.9. The van der Waals surface area contributed by atoms with Gasteiger partial charge in [-0.05, 0) is 86.4 Å². The maximum atomic E-state index is 15.1. The van der Waals surface area contributed by atoms with Crippen LogP contribution in [0.5, 0.6) is 0 Å². The molecule has 2 aromatic carbocycles. The molecule has 0 spiro atoms. The Hall–Kier alpha value is -7.46. The molecule has 22 heteroatoms. The average molecular weight is 1050 g/mol. The van der Waals surface area contributed by atoms with Gasteiger partial charge in [0.15, 0.2) is 11.6 Å². The number of nitrogens with zero attached hydrogens (tertiary/aromatic N) is 2.